The molecule has 2 aliphatic rings. The molecule has 4 rings (SSSR count). The SMILES string of the molecule is Cc1nc(NC(=O)N2CCC3(CC(F)(F)C3)C2=O)ccc1Oc1ccnc(N(C)C)c1. The Morgan fingerprint density at radius 1 is 1.26 bits per heavy atom. The molecule has 8 nitrogen and oxygen atoms in total. The first-order valence-electron chi connectivity index (χ1n) is 9.88. The minimum atomic E-state index is -2.82. The van der Waals surface area contributed by atoms with Crippen molar-refractivity contribution in [3.63, 3.8) is 0 Å². The van der Waals surface area contributed by atoms with Crippen molar-refractivity contribution in [3.05, 3.63) is 36.2 Å². The molecule has 1 N–H and O–H groups in total. The number of ether oxygens (including phenoxy) is 1. The van der Waals surface area contributed by atoms with Crippen molar-refractivity contribution in [1.29, 1.82) is 0 Å². The molecule has 0 atom stereocenters. The van der Waals surface area contributed by atoms with E-state index in [4.69, 9.17) is 4.74 Å². The largest absolute Gasteiger partial charge is 0.455 e. The number of likely N-dealkylation sites (tertiary alicyclic amines) is 1. The Morgan fingerprint density at radius 2 is 2.00 bits per heavy atom. The van der Waals surface area contributed by atoms with Crippen LogP contribution in [0.2, 0.25) is 0 Å². The number of alkyl halides is 2. The number of pyridine rings is 2. The van der Waals surface area contributed by atoms with Crippen molar-refractivity contribution < 1.29 is 23.1 Å². The molecule has 1 saturated heterocycles. The summed E-state index contributed by atoms with van der Waals surface area (Å²) in [6.07, 6.45) is 0.919. The zero-order valence-corrected chi connectivity index (χ0v) is 17.5. The number of hydrogen-bond donors (Lipinski definition) is 1. The fraction of sp³-hybridized carbons (Fsp3) is 0.429. The van der Waals surface area contributed by atoms with Crippen LogP contribution in [0.1, 0.15) is 25.0 Å². The smallest absolute Gasteiger partial charge is 0.329 e. The standard InChI is InChI=1S/C21H23F2N5O3/c1-13-15(31-14-6-8-24-17(10-14)27(2)3)4-5-16(25-13)26-19(30)28-9-7-20(18(28)29)11-21(22,23)12-20/h4-6,8,10H,7,9,11-12H2,1-3H3,(H,25,26,30). The Morgan fingerprint density at radius 3 is 2.65 bits per heavy atom. The van der Waals surface area contributed by atoms with E-state index in [1.165, 1.54) is 0 Å². The average molecular weight is 431 g/mol. The van der Waals surface area contributed by atoms with Gasteiger partial charge >= 0.3 is 6.03 Å². The van der Waals surface area contributed by atoms with E-state index in [0.717, 1.165) is 10.7 Å². The third-order valence-electron chi connectivity index (χ3n) is 5.63. The van der Waals surface area contributed by atoms with Gasteiger partial charge in [0.1, 0.15) is 23.1 Å². The Balaban J connectivity index is 1.41. The van der Waals surface area contributed by atoms with Crippen LogP contribution in [0.15, 0.2) is 30.5 Å². The molecule has 0 aromatic carbocycles. The molecular formula is C21H23F2N5O3. The Bertz CT molecular complexity index is 1040. The van der Waals surface area contributed by atoms with Gasteiger partial charge in [-0.2, -0.15) is 0 Å². The van der Waals surface area contributed by atoms with E-state index in [-0.39, 0.29) is 18.8 Å². The van der Waals surface area contributed by atoms with Gasteiger partial charge in [-0.05, 0) is 31.5 Å². The second kappa shape index (κ2) is 7.44. The van der Waals surface area contributed by atoms with Crippen LogP contribution in [0.5, 0.6) is 11.5 Å². The van der Waals surface area contributed by atoms with Gasteiger partial charge in [0, 0.05) is 45.7 Å². The maximum absolute atomic E-state index is 13.3. The van der Waals surface area contributed by atoms with Crippen LogP contribution < -0.4 is 15.0 Å². The molecule has 31 heavy (non-hydrogen) atoms. The van der Waals surface area contributed by atoms with Crippen LogP contribution in [0.4, 0.5) is 25.2 Å². The highest BCUT2D eigenvalue weighted by Crippen LogP contribution is 2.57. The van der Waals surface area contributed by atoms with Gasteiger partial charge in [0.25, 0.3) is 0 Å². The van der Waals surface area contributed by atoms with Crippen molar-refractivity contribution in [2.75, 3.05) is 30.9 Å². The Hall–Kier alpha value is -3.30. The first-order valence-corrected chi connectivity index (χ1v) is 9.88. The number of carbonyl (C=O) groups is 2. The third kappa shape index (κ3) is 4.01. The van der Waals surface area contributed by atoms with Crippen molar-refractivity contribution >= 4 is 23.6 Å². The summed E-state index contributed by atoms with van der Waals surface area (Å²) in [4.78, 5) is 36.4. The minimum Gasteiger partial charge on any atom is -0.455 e. The number of nitrogens with zero attached hydrogens (tertiary/aromatic N) is 4. The molecule has 0 unspecified atom stereocenters. The average Bonchev–Trinajstić information content (AvgIpc) is 3.00. The quantitative estimate of drug-likeness (QED) is 0.792. The van der Waals surface area contributed by atoms with Crippen molar-refractivity contribution in [2.24, 2.45) is 5.41 Å². The fourth-order valence-electron chi connectivity index (χ4n) is 4.02. The predicted molar refractivity (Wildman–Crippen MR) is 110 cm³/mol. The number of aryl methyl sites for hydroxylation is 1. The van der Waals surface area contributed by atoms with E-state index in [1.807, 2.05) is 19.0 Å². The molecule has 0 bridgehead atoms. The normalized spacial score (nSPS) is 18.6. The number of aromatic nitrogens is 2. The lowest BCUT2D eigenvalue weighted by atomic mass is 9.65. The van der Waals surface area contributed by atoms with Gasteiger partial charge in [-0.25, -0.2) is 23.5 Å². The highest BCUT2D eigenvalue weighted by atomic mass is 19.3. The second-order valence-electron chi connectivity index (χ2n) is 8.25. The van der Waals surface area contributed by atoms with Gasteiger partial charge in [0.2, 0.25) is 11.8 Å². The topological polar surface area (TPSA) is 87.7 Å². The van der Waals surface area contributed by atoms with E-state index >= 15 is 0 Å². The number of imide groups is 1. The molecule has 2 aromatic heterocycles. The summed E-state index contributed by atoms with van der Waals surface area (Å²) in [5, 5.41) is 2.57. The number of nitrogens with one attached hydrogen (secondary N) is 1. The van der Waals surface area contributed by atoms with Crippen LogP contribution in [-0.4, -0.2) is 53.4 Å². The molecule has 3 heterocycles. The first-order chi connectivity index (χ1) is 14.6. The molecule has 10 heteroatoms. The molecule has 1 aliphatic carbocycles. The minimum absolute atomic E-state index is 0.122. The zero-order chi connectivity index (χ0) is 22.4. The van der Waals surface area contributed by atoms with E-state index in [0.29, 0.717) is 17.2 Å². The first kappa shape index (κ1) is 21.0. The van der Waals surface area contributed by atoms with Crippen LogP contribution in [0.3, 0.4) is 0 Å². The van der Waals surface area contributed by atoms with Crippen LogP contribution >= 0.6 is 0 Å². The van der Waals surface area contributed by atoms with Gasteiger partial charge in [-0.15, -0.1) is 0 Å². The Kier molecular flexibility index (Phi) is 5.03. The monoisotopic (exact) mass is 431 g/mol. The van der Waals surface area contributed by atoms with Gasteiger partial charge in [-0.1, -0.05) is 0 Å². The van der Waals surface area contributed by atoms with E-state index in [1.54, 1.807) is 37.4 Å². The van der Waals surface area contributed by atoms with Gasteiger partial charge < -0.3 is 9.64 Å². The molecule has 1 spiro atoms. The summed E-state index contributed by atoms with van der Waals surface area (Å²) in [6.45, 7) is 1.85. The van der Waals surface area contributed by atoms with Crippen LogP contribution in [0.25, 0.3) is 0 Å². The molecule has 0 radical (unpaired) electrons. The number of urea groups is 1. The second-order valence-corrected chi connectivity index (χ2v) is 8.25. The molecule has 2 aromatic rings. The van der Waals surface area contributed by atoms with E-state index in [2.05, 4.69) is 15.3 Å². The molecule has 1 aliphatic heterocycles. The van der Waals surface area contributed by atoms with Gasteiger partial charge in [-0.3, -0.25) is 15.0 Å². The number of halogens is 2. The van der Waals surface area contributed by atoms with Crippen LogP contribution in [0, 0.1) is 12.3 Å². The third-order valence-corrected chi connectivity index (χ3v) is 5.63. The van der Waals surface area contributed by atoms with Crippen molar-refractivity contribution in [2.45, 2.75) is 32.1 Å². The number of rotatable bonds is 4. The summed E-state index contributed by atoms with van der Waals surface area (Å²) in [6, 6.07) is 6.06. The van der Waals surface area contributed by atoms with E-state index < -0.39 is 36.1 Å². The van der Waals surface area contributed by atoms with Crippen molar-refractivity contribution in [3.8, 4) is 11.5 Å². The lowest BCUT2D eigenvalue weighted by molar-refractivity contribution is -0.176. The highest BCUT2D eigenvalue weighted by Gasteiger charge is 2.64. The summed E-state index contributed by atoms with van der Waals surface area (Å²) in [5.41, 5.74) is -0.568. The molecular weight excluding hydrogens is 408 g/mol. The number of amides is 3. The summed E-state index contributed by atoms with van der Waals surface area (Å²) in [5.74, 6) is -1.29. The molecule has 1 saturated carbocycles. The van der Waals surface area contributed by atoms with Crippen molar-refractivity contribution in [1.82, 2.24) is 14.9 Å². The van der Waals surface area contributed by atoms with Crippen LogP contribution in [-0.2, 0) is 4.79 Å². The lowest BCUT2D eigenvalue weighted by Crippen LogP contribution is -2.52. The van der Waals surface area contributed by atoms with Gasteiger partial charge in [0.05, 0.1) is 11.1 Å². The summed E-state index contributed by atoms with van der Waals surface area (Å²) < 4.78 is 32.4. The maximum atomic E-state index is 13.3. The Labute approximate surface area is 178 Å². The molecule has 164 valence electrons. The summed E-state index contributed by atoms with van der Waals surface area (Å²) in [7, 11) is 3.75. The lowest BCUT2D eigenvalue weighted by Gasteiger charge is -2.42. The van der Waals surface area contributed by atoms with E-state index in [9.17, 15) is 18.4 Å². The highest BCUT2D eigenvalue weighted by molar-refractivity contribution is 6.04. The molecule has 2 fully saturated rings. The fourth-order valence-corrected chi connectivity index (χ4v) is 4.02. The van der Waals surface area contributed by atoms with Gasteiger partial charge in [0.15, 0.2) is 0 Å². The molecule has 3 amide bonds. The number of carbonyl (C=O) groups excluding carboxylic acids is 2. The predicted octanol–water partition coefficient (Wildman–Crippen LogP) is 3.82. The number of anilines is 2. The summed E-state index contributed by atoms with van der Waals surface area (Å²) >= 11 is 0. The zero-order valence-electron chi connectivity index (χ0n) is 17.5. The number of hydrogen-bond acceptors (Lipinski definition) is 6. The maximum Gasteiger partial charge on any atom is 0.329 e.